The van der Waals surface area contributed by atoms with Crippen molar-refractivity contribution in [3.63, 3.8) is 0 Å². The first-order valence-electron chi connectivity index (χ1n) is 11.4. The fraction of sp³-hybridized carbons (Fsp3) is 0.462. The van der Waals surface area contributed by atoms with Gasteiger partial charge < -0.3 is 20.4 Å². The van der Waals surface area contributed by atoms with Gasteiger partial charge in [0, 0.05) is 44.0 Å². The summed E-state index contributed by atoms with van der Waals surface area (Å²) in [5, 5.41) is 5.79. The van der Waals surface area contributed by atoms with Gasteiger partial charge in [0.2, 0.25) is 5.91 Å². The van der Waals surface area contributed by atoms with Gasteiger partial charge in [0.1, 0.15) is 6.04 Å². The molecule has 0 aliphatic carbocycles. The van der Waals surface area contributed by atoms with E-state index >= 15 is 0 Å². The number of para-hydroxylation sites is 1. The van der Waals surface area contributed by atoms with Crippen molar-refractivity contribution in [1.82, 2.24) is 15.5 Å². The number of piperazine rings is 1. The summed E-state index contributed by atoms with van der Waals surface area (Å²) in [6.45, 7) is 12.6. The lowest BCUT2D eigenvalue weighted by Gasteiger charge is -2.35. The monoisotopic (exact) mass is 436 g/mol. The molecule has 6 heteroatoms. The summed E-state index contributed by atoms with van der Waals surface area (Å²) in [5.74, 6) is -0.441. The Morgan fingerprint density at radius 3 is 2.22 bits per heavy atom. The number of amides is 2. The van der Waals surface area contributed by atoms with Crippen molar-refractivity contribution in [3.05, 3.63) is 65.2 Å². The molecule has 2 aromatic rings. The van der Waals surface area contributed by atoms with Gasteiger partial charge in [-0.05, 0) is 48.7 Å². The summed E-state index contributed by atoms with van der Waals surface area (Å²) in [5.41, 5.74) is 4.00. The van der Waals surface area contributed by atoms with Crippen LogP contribution in [0.15, 0.2) is 48.5 Å². The molecule has 0 radical (unpaired) electrons. The topological polar surface area (TPSA) is 64.7 Å². The lowest BCUT2D eigenvalue weighted by molar-refractivity contribution is -0.122. The second-order valence-electron chi connectivity index (χ2n) is 9.66. The fourth-order valence-electron chi connectivity index (χ4n) is 3.82. The number of hydrogen-bond donors (Lipinski definition) is 2. The van der Waals surface area contributed by atoms with Crippen LogP contribution in [0.1, 0.15) is 49.2 Å². The molecule has 1 unspecified atom stereocenters. The van der Waals surface area contributed by atoms with Crippen LogP contribution in [-0.2, 0) is 16.8 Å². The Morgan fingerprint density at radius 2 is 1.59 bits per heavy atom. The zero-order chi connectivity index (χ0) is 23.3. The van der Waals surface area contributed by atoms with Gasteiger partial charge in [0.05, 0.1) is 0 Å². The molecule has 0 spiro atoms. The molecule has 1 aliphatic rings. The first-order valence-corrected chi connectivity index (χ1v) is 11.4. The van der Waals surface area contributed by atoms with Gasteiger partial charge in [-0.3, -0.25) is 9.59 Å². The highest BCUT2D eigenvalue weighted by Gasteiger charge is 2.20. The number of anilines is 1. The van der Waals surface area contributed by atoms with Gasteiger partial charge in [-0.1, -0.05) is 51.1 Å². The van der Waals surface area contributed by atoms with Crippen LogP contribution in [0.25, 0.3) is 0 Å². The highest BCUT2D eigenvalue weighted by molar-refractivity contribution is 5.97. The lowest BCUT2D eigenvalue weighted by Crippen LogP contribution is -2.46. The smallest absolute Gasteiger partial charge is 0.251 e. The maximum atomic E-state index is 12.7. The van der Waals surface area contributed by atoms with Gasteiger partial charge in [-0.2, -0.15) is 0 Å². The number of carbonyl (C=O) groups excluding carboxylic acids is 2. The first kappa shape index (κ1) is 23.8. The van der Waals surface area contributed by atoms with Gasteiger partial charge in [-0.25, -0.2) is 0 Å². The van der Waals surface area contributed by atoms with E-state index < -0.39 is 6.04 Å². The van der Waals surface area contributed by atoms with E-state index in [1.165, 1.54) is 5.56 Å². The van der Waals surface area contributed by atoms with E-state index in [0.717, 1.165) is 37.4 Å². The molecule has 1 heterocycles. The predicted molar refractivity (Wildman–Crippen MR) is 130 cm³/mol. The normalized spacial score (nSPS) is 15.8. The SMILES string of the molecule is CC(NC(=O)c1ccc(C(C)(C)C)cc1)C(=O)NCc1ccccc1N1CCN(C)CC1. The molecular formula is C26H36N4O2. The molecule has 2 amide bonds. The Morgan fingerprint density at radius 1 is 0.969 bits per heavy atom. The van der Waals surface area contributed by atoms with E-state index in [1.807, 2.05) is 42.5 Å². The van der Waals surface area contributed by atoms with Crippen LogP contribution in [0.2, 0.25) is 0 Å². The van der Waals surface area contributed by atoms with Crippen molar-refractivity contribution in [3.8, 4) is 0 Å². The molecule has 32 heavy (non-hydrogen) atoms. The summed E-state index contributed by atoms with van der Waals surface area (Å²) in [7, 11) is 2.14. The summed E-state index contributed by atoms with van der Waals surface area (Å²) >= 11 is 0. The summed E-state index contributed by atoms with van der Waals surface area (Å²) < 4.78 is 0. The third kappa shape index (κ3) is 6.10. The number of rotatable bonds is 6. The zero-order valence-corrected chi connectivity index (χ0v) is 19.9. The third-order valence-electron chi connectivity index (χ3n) is 6.04. The second kappa shape index (κ2) is 10.2. The minimum atomic E-state index is -0.624. The Balaban J connectivity index is 1.56. The Bertz CT molecular complexity index is 926. The fourth-order valence-corrected chi connectivity index (χ4v) is 3.82. The first-order chi connectivity index (χ1) is 15.1. The standard InChI is InChI=1S/C26H36N4O2/c1-19(28-25(32)20-10-12-22(13-11-20)26(2,3)4)24(31)27-18-21-8-6-7-9-23(21)30-16-14-29(5)15-17-30/h6-13,19H,14-18H2,1-5H3,(H,27,31)(H,28,32). The van der Waals surface area contributed by atoms with E-state index in [0.29, 0.717) is 12.1 Å². The summed E-state index contributed by atoms with van der Waals surface area (Å²) in [6, 6.07) is 15.1. The molecule has 0 bridgehead atoms. The van der Waals surface area contributed by atoms with E-state index in [4.69, 9.17) is 0 Å². The molecule has 1 saturated heterocycles. The number of hydrogen-bond acceptors (Lipinski definition) is 4. The van der Waals surface area contributed by atoms with Gasteiger partial charge >= 0.3 is 0 Å². The van der Waals surface area contributed by atoms with Gasteiger partial charge in [0.25, 0.3) is 5.91 Å². The summed E-state index contributed by atoms with van der Waals surface area (Å²) in [4.78, 5) is 29.9. The largest absolute Gasteiger partial charge is 0.369 e. The third-order valence-corrected chi connectivity index (χ3v) is 6.04. The highest BCUT2D eigenvalue weighted by atomic mass is 16.2. The Hall–Kier alpha value is -2.86. The van der Waals surface area contributed by atoms with Crippen LogP contribution in [0.4, 0.5) is 5.69 Å². The van der Waals surface area contributed by atoms with Crippen molar-refractivity contribution in [2.24, 2.45) is 0 Å². The number of carbonyl (C=O) groups is 2. The van der Waals surface area contributed by atoms with Crippen LogP contribution in [0, 0.1) is 0 Å². The maximum Gasteiger partial charge on any atom is 0.251 e. The summed E-state index contributed by atoms with van der Waals surface area (Å²) in [6.07, 6.45) is 0. The number of likely N-dealkylation sites (N-methyl/N-ethyl adjacent to an activating group) is 1. The zero-order valence-electron chi connectivity index (χ0n) is 19.9. The molecule has 6 nitrogen and oxygen atoms in total. The van der Waals surface area contributed by atoms with Crippen LogP contribution < -0.4 is 15.5 Å². The van der Waals surface area contributed by atoms with Crippen LogP contribution in [0.3, 0.4) is 0 Å². The van der Waals surface area contributed by atoms with Crippen LogP contribution in [-0.4, -0.2) is 56.0 Å². The quantitative estimate of drug-likeness (QED) is 0.730. The van der Waals surface area contributed by atoms with Crippen molar-refractivity contribution < 1.29 is 9.59 Å². The van der Waals surface area contributed by atoms with Crippen LogP contribution in [0.5, 0.6) is 0 Å². The van der Waals surface area contributed by atoms with E-state index in [1.54, 1.807) is 6.92 Å². The van der Waals surface area contributed by atoms with Crippen molar-refractivity contribution >= 4 is 17.5 Å². The minimum Gasteiger partial charge on any atom is -0.369 e. The number of nitrogens with one attached hydrogen (secondary N) is 2. The maximum absolute atomic E-state index is 12.7. The molecule has 0 aromatic heterocycles. The highest BCUT2D eigenvalue weighted by Crippen LogP contribution is 2.23. The molecule has 1 atom stereocenters. The average Bonchev–Trinajstić information content (AvgIpc) is 2.77. The minimum absolute atomic E-state index is 0.0304. The Kier molecular flexibility index (Phi) is 7.56. The van der Waals surface area contributed by atoms with Crippen molar-refractivity contribution in [2.45, 2.75) is 45.7 Å². The molecule has 1 aliphatic heterocycles. The van der Waals surface area contributed by atoms with E-state index in [-0.39, 0.29) is 17.2 Å². The number of nitrogens with zero attached hydrogens (tertiary/aromatic N) is 2. The number of benzene rings is 2. The van der Waals surface area contributed by atoms with E-state index in [2.05, 4.69) is 54.3 Å². The van der Waals surface area contributed by atoms with Gasteiger partial charge in [0.15, 0.2) is 0 Å². The molecule has 1 fully saturated rings. The molecule has 2 aromatic carbocycles. The molecule has 3 rings (SSSR count). The molecule has 2 N–H and O–H groups in total. The van der Waals surface area contributed by atoms with Crippen molar-refractivity contribution in [1.29, 1.82) is 0 Å². The van der Waals surface area contributed by atoms with Crippen LogP contribution >= 0.6 is 0 Å². The van der Waals surface area contributed by atoms with E-state index in [9.17, 15) is 9.59 Å². The van der Waals surface area contributed by atoms with Gasteiger partial charge in [-0.15, -0.1) is 0 Å². The second-order valence-corrected chi connectivity index (χ2v) is 9.66. The van der Waals surface area contributed by atoms with Crippen molar-refractivity contribution in [2.75, 3.05) is 38.1 Å². The molecule has 0 saturated carbocycles. The lowest BCUT2D eigenvalue weighted by atomic mass is 9.86. The molecule has 172 valence electrons. The Labute approximate surface area is 192 Å². The molecular weight excluding hydrogens is 400 g/mol. The predicted octanol–water partition coefficient (Wildman–Crippen LogP) is 3.17. The average molecular weight is 437 g/mol.